The average Bonchev–Trinajstić information content (AvgIpc) is 2.97. The molecule has 0 aromatic heterocycles. The van der Waals surface area contributed by atoms with E-state index in [-0.39, 0.29) is 4.91 Å². The molecule has 7 nitrogen and oxygen atoms in total. The summed E-state index contributed by atoms with van der Waals surface area (Å²) in [4.78, 5) is 38.4. The van der Waals surface area contributed by atoms with E-state index in [4.69, 9.17) is 32.7 Å². The zero-order chi connectivity index (χ0) is 22.7. The lowest BCUT2D eigenvalue weighted by Gasteiger charge is -2.13. The Morgan fingerprint density at radius 2 is 1.90 bits per heavy atom. The number of carbonyl (C=O) groups excluding carboxylic acids is 3. The molecule has 3 rings (SSSR count). The highest BCUT2D eigenvalue weighted by molar-refractivity contribution is 9.10. The molecule has 1 saturated heterocycles. The fourth-order valence-electron chi connectivity index (χ4n) is 2.73. The van der Waals surface area contributed by atoms with E-state index in [1.54, 1.807) is 30.3 Å². The Morgan fingerprint density at radius 3 is 2.55 bits per heavy atom. The predicted octanol–water partition coefficient (Wildman–Crippen LogP) is 5.45. The summed E-state index contributed by atoms with van der Waals surface area (Å²) >= 11 is 16.2. The Hall–Kier alpha value is -2.20. The minimum Gasteiger partial charge on any atom is -0.493 e. The van der Waals surface area contributed by atoms with Crippen molar-refractivity contribution >= 4 is 79.7 Å². The lowest BCUT2D eigenvalue weighted by Crippen LogP contribution is -2.36. The smallest absolute Gasteiger partial charge is 0.294 e. The van der Waals surface area contributed by atoms with Gasteiger partial charge < -0.3 is 14.8 Å². The number of hydrogen-bond acceptors (Lipinski definition) is 6. The maximum atomic E-state index is 12.7. The second kappa shape index (κ2) is 9.95. The van der Waals surface area contributed by atoms with Crippen molar-refractivity contribution in [3.63, 3.8) is 0 Å². The molecule has 0 radical (unpaired) electrons. The number of benzene rings is 2. The third-order valence-corrected chi connectivity index (χ3v) is 6.55. The van der Waals surface area contributed by atoms with E-state index in [1.807, 2.05) is 0 Å². The molecule has 1 aliphatic heterocycles. The van der Waals surface area contributed by atoms with Gasteiger partial charge in [0.25, 0.3) is 11.1 Å². The van der Waals surface area contributed by atoms with Gasteiger partial charge in [0.15, 0.2) is 11.5 Å². The van der Waals surface area contributed by atoms with Crippen molar-refractivity contribution in [2.75, 3.05) is 26.1 Å². The van der Waals surface area contributed by atoms with Gasteiger partial charge in [0.1, 0.15) is 6.54 Å². The Kier molecular flexibility index (Phi) is 7.53. The number of imide groups is 1. The first-order valence-electron chi connectivity index (χ1n) is 8.65. The van der Waals surface area contributed by atoms with Gasteiger partial charge in [-0.25, -0.2) is 0 Å². The van der Waals surface area contributed by atoms with Crippen LogP contribution in [0.1, 0.15) is 5.56 Å². The Bertz CT molecular complexity index is 1110. The fourth-order valence-corrected chi connectivity index (χ4v) is 4.29. The molecular weight excluding hydrogens is 531 g/mol. The predicted molar refractivity (Wildman–Crippen MR) is 125 cm³/mol. The van der Waals surface area contributed by atoms with Gasteiger partial charge in [-0.05, 0) is 69.7 Å². The van der Waals surface area contributed by atoms with E-state index in [9.17, 15) is 14.4 Å². The molecule has 0 saturated carbocycles. The Balaban J connectivity index is 1.75. The number of amides is 3. The van der Waals surface area contributed by atoms with Gasteiger partial charge in [0.05, 0.1) is 29.2 Å². The van der Waals surface area contributed by atoms with Crippen LogP contribution in [0.25, 0.3) is 6.08 Å². The maximum absolute atomic E-state index is 12.7. The van der Waals surface area contributed by atoms with Crippen molar-refractivity contribution in [1.29, 1.82) is 0 Å². The van der Waals surface area contributed by atoms with Crippen molar-refractivity contribution in [2.45, 2.75) is 0 Å². The quantitative estimate of drug-likeness (QED) is 0.486. The van der Waals surface area contributed by atoms with Crippen molar-refractivity contribution < 1.29 is 23.9 Å². The molecular formula is C20H15BrCl2N2O5S. The molecule has 1 N–H and O–H groups in total. The van der Waals surface area contributed by atoms with Crippen molar-refractivity contribution in [3.05, 3.63) is 55.3 Å². The van der Waals surface area contributed by atoms with E-state index in [0.29, 0.717) is 37.3 Å². The number of ether oxygens (including phenoxy) is 2. The highest BCUT2D eigenvalue weighted by atomic mass is 79.9. The number of anilines is 1. The maximum Gasteiger partial charge on any atom is 0.294 e. The monoisotopic (exact) mass is 544 g/mol. The summed E-state index contributed by atoms with van der Waals surface area (Å²) in [6, 6.07) is 8.08. The second-order valence-electron chi connectivity index (χ2n) is 6.18. The minimum absolute atomic E-state index is 0.160. The standard InChI is InChI=1S/C20H15BrCl2N2O5S/c1-29-15-6-10(5-14(23)18(15)30-2)7-16-19(27)25(20(28)31-16)9-17(26)24-11-3-4-12(21)13(22)8-11/h3-8H,9H2,1-2H3,(H,24,26)/b16-7-. The number of methoxy groups -OCH3 is 2. The van der Waals surface area contributed by atoms with Crippen LogP contribution in [0.15, 0.2) is 39.7 Å². The summed E-state index contributed by atoms with van der Waals surface area (Å²) in [5, 5.41) is 2.77. The third-order valence-electron chi connectivity index (χ3n) is 4.13. The number of thioether (sulfide) groups is 1. The zero-order valence-corrected chi connectivity index (χ0v) is 20.1. The van der Waals surface area contributed by atoms with Crippen LogP contribution < -0.4 is 14.8 Å². The normalized spacial score (nSPS) is 14.9. The topological polar surface area (TPSA) is 84.9 Å². The minimum atomic E-state index is -0.579. The Labute approximate surface area is 200 Å². The molecule has 0 spiro atoms. The molecule has 0 unspecified atom stereocenters. The van der Waals surface area contributed by atoms with Gasteiger partial charge in [0, 0.05) is 10.2 Å². The van der Waals surface area contributed by atoms with Crippen molar-refractivity contribution in [3.8, 4) is 11.5 Å². The van der Waals surface area contributed by atoms with Gasteiger partial charge in [-0.3, -0.25) is 19.3 Å². The van der Waals surface area contributed by atoms with Gasteiger partial charge >= 0.3 is 0 Å². The van der Waals surface area contributed by atoms with E-state index < -0.39 is 23.6 Å². The summed E-state index contributed by atoms with van der Waals surface area (Å²) in [5.74, 6) is -0.367. The van der Waals surface area contributed by atoms with Crippen LogP contribution >= 0.6 is 50.9 Å². The lowest BCUT2D eigenvalue weighted by atomic mass is 10.2. The molecule has 1 aliphatic rings. The lowest BCUT2D eigenvalue weighted by molar-refractivity contribution is -0.127. The van der Waals surface area contributed by atoms with Gasteiger partial charge in [-0.1, -0.05) is 23.2 Å². The van der Waals surface area contributed by atoms with Crippen LogP contribution in [-0.4, -0.2) is 42.7 Å². The molecule has 1 heterocycles. The zero-order valence-electron chi connectivity index (χ0n) is 16.2. The third kappa shape index (κ3) is 5.35. The highest BCUT2D eigenvalue weighted by Crippen LogP contribution is 2.38. The number of halogens is 3. The number of hydrogen-bond donors (Lipinski definition) is 1. The largest absolute Gasteiger partial charge is 0.493 e. The van der Waals surface area contributed by atoms with Gasteiger partial charge in [-0.2, -0.15) is 0 Å². The van der Waals surface area contributed by atoms with Crippen molar-refractivity contribution in [1.82, 2.24) is 4.90 Å². The van der Waals surface area contributed by atoms with Crippen LogP contribution in [0.4, 0.5) is 10.5 Å². The van der Waals surface area contributed by atoms with Crippen LogP contribution in [0.3, 0.4) is 0 Å². The van der Waals surface area contributed by atoms with Gasteiger partial charge in [-0.15, -0.1) is 0 Å². The molecule has 2 aromatic rings. The van der Waals surface area contributed by atoms with Crippen molar-refractivity contribution in [2.24, 2.45) is 0 Å². The molecule has 0 bridgehead atoms. The van der Waals surface area contributed by atoms with Gasteiger partial charge in [0.2, 0.25) is 5.91 Å². The van der Waals surface area contributed by atoms with Crippen LogP contribution in [0.5, 0.6) is 11.5 Å². The fraction of sp³-hybridized carbons (Fsp3) is 0.150. The molecule has 11 heteroatoms. The first-order valence-corrected chi connectivity index (χ1v) is 11.0. The summed E-state index contributed by atoms with van der Waals surface area (Å²) in [6.45, 7) is -0.428. The SMILES string of the molecule is COc1cc(/C=C2\SC(=O)N(CC(=O)Nc3ccc(Br)c(Cl)c3)C2=O)cc(Cl)c1OC. The summed E-state index contributed by atoms with van der Waals surface area (Å²) in [7, 11) is 2.92. The molecule has 31 heavy (non-hydrogen) atoms. The first kappa shape index (κ1) is 23.5. The summed E-state index contributed by atoms with van der Waals surface area (Å²) in [6.07, 6.45) is 1.51. The second-order valence-corrected chi connectivity index (χ2v) is 8.85. The first-order chi connectivity index (χ1) is 14.7. The van der Waals surface area contributed by atoms with Crippen LogP contribution in [0, 0.1) is 0 Å². The Morgan fingerprint density at radius 1 is 1.16 bits per heavy atom. The van der Waals surface area contributed by atoms with E-state index in [1.165, 1.54) is 20.3 Å². The van der Waals surface area contributed by atoms with Crippen LogP contribution in [0.2, 0.25) is 10.0 Å². The molecule has 0 atom stereocenters. The molecule has 162 valence electrons. The summed E-state index contributed by atoms with van der Waals surface area (Å²) in [5.41, 5.74) is 0.989. The number of nitrogens with one attached hydrogen (secondary N) is 1. The highest BCUT2D eigenvalue weighted by Gasteiger charge is 2.36. The van der Waals surface area contributed by atoms with Crippen LogP contribution in [-0.2, 0) is 9.59 Å². The average molecular weight is 546 g/mol. The van der Waals surface area contributed by atoms with E-state index in [0.717, 1.165) is 16.7 Å². The van der Waals surface area contributed by atoms with E-state index in [2.05, 4.69) is 21.2 Å². The van der Waals surface area contributed by atoms with E-state index >= 15 is 0 Å². The number of nitrogens with zero attached hydrogens (tertiary/aromatic N) is 1. The number of rotatable bonds is 6. The molecule has 0 aliphatic carbocycles. The number of carbonyl (C=O) groups is 3. The summed E-state index contributed by atoms with van der Waals surface area (Å²) < 4.78 is 11.1. The molecule has 1 fully saturated rings. The molecule has 2 aromatic carbocycles. The molecule has 3 amide bonds.